The fourth-order valence-electron chi connectivity index (χ4n) is 3.66. The van der Waals surface area contributed by atoms with Gasteiger partial charge in [0.15, 0.2) is 0 Å². The number of aromatic nitrogens is 2. The van der Waals surface area contributed by atoms with E-state index in [0.29, 0.717) is 16.3 Å². The van der Waals surface area contributed by atoms with Crippen LogP contribution in [-0.2, 0) is 12.8 Å². The molecule has 5 nitrogen and oxygen atoms in total. The Morgan fingerprint density at radius 1 is 1.04 bits per heavy atom. The molecule has 1 aliphatic rings. The lowest BCUT2D eigenvalue weighted by Gasteiger charge is -2.12. The van der Waals surface area contributed by atoms with Crippen molar-refractivity contribution in [3.05, 3.63) is 46.7 Å². The molecule has 1 amide bonds. The SMILES string of the molecule is Nc1c(C(=O)Nc2ccncc2)sc2nc3c(cc12)CCCCCCCC3. The molecule has 0 aromatic carbocycles. The summed E-state index contributed by atoms with van der Waals surface area (Å²) in [5.41, 5.74) is 10.1. The molecular formula is C21H24N4OS. The summed E-state index contributed by atoms with van der Waals surface area (Å²) in [6.45, 7) is 0. The van der Waals surface area contributed by atoms with Crippen molar-refractivity contribution >= 4 is 38.8 Å². The van der Waals surface area contributed by atoms with Gasteiger partial charge in [0.1, 0.15) is 9.71 Å². The zero-order valence-corrected chi connectivity index (χ0v) is 16.1. The van der Waals surface area contributed by atoms with Crippen LogP contribution >= 0.6 is 11.3 Å². The summed E-state index contributed by atoms with van der Waals surface area (Å²) >= 11 is 1.38. The van der Waals surface area contributed by atoms with E-state index in [1.165, 1.54) is 61.1 Å². The molecule has 0 aliphatic heterocycles. The number of rotatable bonds is 2. The van der Waals surface area contributed by atoms with Gasteiger partial charge in [0.25, 0.3) is 5.91 Å². The number of pyridine rings is 2. The fourth-order valence-corrected chi connectivity index (χ4v) is 4.65. The first kappa shape index (κ1) is 17.9. The third kappa shape index (κ3) is 3.95. The Morgan fingerprint density at radius 3 is 2.52 bits per heavy atom. The Kier molecular flexibility index (Phi) is 5.34. The topological polar surface area (TPSA) is 80.9 Å². The van der Waals surface area contributed by atoms with E-state index < -0.39 is 0 Å². The quantitative estimate of drug-likeness (QED) is 0.658. The minimum Gasteiger partial charge on any atom is -0.397 e. The molecule has 4 rings (SSSR count). The Balaban J connectivity index is 1.67. The Bertz CT molecular complexity index is 952. The van der Waals surface area contributed by atoms with Gasteiger partial charge in [-0.15, -0.1) is 11.3 Å². The Labute approximate surface area is 163 Å². The van der Waals surface area contributed by atoms with Gasteiger partial charge in [0.05, 0.1) is 5.69 Å². The van der Waals surface area contributed by atoms with Crippen LogP contribution in [0.15, 0.2) is 30.6 Å². The van der Waals surface area contributed by atoms with E-state index in [9.17, 15) is 4.79 Å². The largest absolute Gasteiger partial charge is 0.397 e. The van der Waals surface area contributed by atoms with E-state index in [4.69, 9.17) is 10.7 Å². The lowest BCUT2D eigenvalue weighted by Crippen LogP contribution is -2.11. The Morgan fingerprint density at radius 2 is 1.74 bits per heavy atom. The number of nitrogens with two attached hydrogens (primary N) is 1. The molecule has 3 heterocycles. The molecule has 0 saturated carbocycles. The van der Waals surface area contributed by atoms with Gasteiger partial charge >= 0.3 is 0 Å². The fraction of sp³-hybridized carbons (Fsp3) is 0.381. The zero-order chi connectivity index (χ0) is 18.6. The second kappa shape index (κ2) is 8.05. The highest BCUT2D eigenvalue weighted by atomic mass is 32.1. The van der Waals surface area contributed by atoms with Gasteiger partial charge in [0, 0.05) is 29.2 Å². The van der Waals surface area contributed by atoms with Crippen LogP contribution < -0.4 is 11.1 Å². The molecule has 0 unspecified atom stereocenters. The molecule has 0 radical (unpaired) electrons. The van der Waals surface area contributed by atoms with Crippen molar-refractivity contribution < 1.29 is 4.79 Å². The standard InChI is InChI=1S/C21H24N4OS/c22-18-16-13-14-7-5-3-1-2-4-6-8-17(14)25-21(16)27-19(18)20(26)24-15-9-11-23-12-10-15/h9-13H,1-8,22H2,(H,23,24,26). The first-order valence-electron chi connectivity index (χ1n) is 9.64. The van der Waals surface area contributed by atoms with Crippen LogP contribution in [0.4, 0.5) is 11.4 Å². The van der Waals surface area contributed by atoms with Crippen molar-refractivity contribution in [2.45, 2.75) is 51.4 Å². The van der Waals surface area contributed by atoms with Gasteiger partial charge in [-0.1, -0.05) is 25.7 Å². The summed E-state index contributed by atoms with van der Waals surface area (Å²) < 4.78 is 0. The third-order valence-electron chi connectivity index (χ3n) is 5.14. The van der Waals surface area contributed by atoms with Crippen LogP contribution in [0, 0.1) is 0 Å². The predicted octanol–water partition coefficient (Wildman–Crippen LogP) is 4.97. The van der Waals surface area contributed by atoms with Crippen LogP contribution in [0.2, 0.25) is 0 Å². The van der Waals surface area contributed by atoms with E-state index in [0.717, 1.165) is 23.1 Å². The molecule has 0 fully saturated rings. The number of carbonyl (C=O) groups is 1. The molecule has 6 heteroatoms. The minimum absolute atomic E-state index is 0.192. The molecule has 0 spiro atoms. The van der Waals surface area contributed by atoms with Crippen molar-refractivity contribution in [3.63, 3.8) is 0 Å². The highest BCUT2D eigenvalue weighted by molar-refractivity contribution is 7.21. The number of nitrogens with zero attached hydrogens (tertiary/aromatic N) is 2. The van der Waals surface area contributed by atoms with E-state index in [-0.39, 0.29) is 5.91 Å². The number of nitrogen functional groups attached to an aromatic ring is 1. The number of hydrogen-bond acceptors (Lipinski definition) is 5. The summed E-state index contributed by atoms with van der Waals surface area (Å²) in [4.78, 5) is 23.0. The summed E-state index contributed by atoms with van der Waals surface area (Å²) in [6.07, 6.45) is 12.9. The number of thiophene rings is 1. The number of hydrogen-bond donors (Lipinski definition) is 2. The normalized spacial score (nSPS) is 15.3. The second-order valence-electron chi connectivity index (χ2n) is 7.10. The van der Waals surface area contributed by atoms with Crippen molar-refractivity contribution in [1.82, 2.24) is 9.97 Å². The van der Waals surface area contributed by atoms with Crippen LogP contribution in [-0.4, -0.2) is 15.9 Å². The van der Waals surface area contributed by atoms with Crippen molar-refractivity contribution in [1.29, 1.82) is 0 Å². The van der Waals surface area contributed by atoms with Gasteiger partial charge in [0.2, 0.25) is 0 Å². The number of fused-ring (bicyclic) bond motifs is 2. The summed E-state index contributed by atoms with van der Waals surface area (Å²) in [5, 5.41) is 3.80. The highest BCUT2D eigenvalue weighted by Crippen LogP contribution is 2.35. The second-order valence-corrected chi connectivity index (χ2v) is 8.10. The van der Waals surface area contributed by atoms with Crippen molar-refractivity contribution in [2.24, 2.45) is 0 Å². The number of carbonyl (C=O) groups excluding carboxylic acids is 1. The molecular weight excluding hydrogens is 356 g/mol. The Hall–Kier alpha value is -2.47. The van der Waals surface area contributed by atoms with Gasteiger partial charge in [-0.25, -0.2) is 4.98 Å². The van der Waals surface area contributed by atoms with E-state index >= 15 is 0 Å². The zero-order valence-electron chi connectivity index (χ0n) is 15.3. The number of amides is 1. The first-order valence-corrected chi connectivity index (χ1v) is 10.5. The summed E-state index contributed by atoms with van der Waals surface area (Å²) in [5.74, 6) is -0.192. The summed E-state index contributed by atoms with van der Waals surface area (Å²) in [7, 11) is 0. The maximum atomic E-state index is 12.7. The molecule has 140 valence electrons. The molecule has 1 aliphatic carbocycles. The molecule has 0 atom stereocenters. The van der Waals surface area contributed by atoms with Crippen LogP contribution in [0.25, 0.3) is 10.2 Å². The van der Waals surface area contributed by atoms with E-state index in [1.54, 1.807) is 24.5 Å². The molecule has 0 bridgehead atoms. The molecule has 3 aromatic heterocycles. The van der Waals surface area contributed by atoms with Gasteiger partial charge in [-0.3, -0.25) is 9.78 Å². The maximum absolute atomic E-state index is 12.7. The van der Waals surface area contributed by atoms with Gasteiger partial charge < -0.3 is 11.1 Å². The predicted molar refractivity (Wildman–Crippen MR) is 111 cm³/mol. The number of nitrogens with one attached hydrogen (secondary N) is 1. The average molecular weight is 381 g/mol. The monoisotopic (exact) mass is 380 g/mol. The molecule has 3 aromatic rings. The number of anilines is 2. The average Bonchev–Trinajstić information content (AvgIpc) is 3.01. The van der Waals surface area contributed by atoms with Crippen LogP contribution in [0.1, 0.15) is 59.5 Å². The van der Waals surface area contributed by atoms with Gasteiger partial charge in [-0.2, -0.15) is 0 Å². The molecule has 27 heavy (non-hydrogen) atoms. The minimum atomic E-state index is -0.192. The highest BCUT2D eigenvalue weighted by Gasteiger charge is 2.19. The van der Waals surface area contributed by atoms with Crippen LogP contribution in [0.3, 0.4) is 0 Å². The molecule has 3 N–H and O–H groups in total. The van der Waals surface area contributed by atoms with E-state index in [1.807, 2.05) is 0 Å². The van der Waals surface area contributed by atoms with Crippen molar-refractivity contribution in [3.8, 4) is 0 Å². The van der Waals surface area contributed by atoms with Crippen molar-refractivity contribution in [2.75, 3.05) is 11.1 Å². The summed E-state index contributed by atoms with van der Waals surface area (Å²) in [6, 6.07) is 5.70. The van der Waals surface area contributed by atoms with E-state index in [2.05, 4.69) is 16.4 Å². The smallest absolute Gasteiger partial charge is 0.267 e. The van der Waals surface area contributed by atoms with Gasteiger partial charge in [-0.05, 0) is 49.4 Å². The molecule has 0 saturated heterocycles. The van der Waals surface area contributed by atoms with Crippen LogP contribution in [0.5, 0.6) is 0 Å². The maximum Gasteiger partial charge on any atom is 0.267 e. The number of aryl methyl sites for hydroxylation is 2. The third-order valence-corrected chi connectivity index (χ3v) is 6.26. The lowest BCUT2D eigenvalue weighted by atomic mass is 9.97. The lowest BCUT2D eigenvalue weighted by molar-refractivity contribution is 0.103. The first-order chi connectivity index (χ1) is 13.2.